The van der Waals surface area contributed by atoms with Gasteiger partial charge in [-0.2, -0.15) is 0 Å². The van der Waals surface area contributed by atoms with Crippen LogP contribution >= 0.6 is 0 Å². The summed E-state index contributed by atoms with van der Waals surface area (Å²) in [4.78, 5) is 24.2. The molecule has 5 nitrogen and oxygen atoms in total. The molecule has 0 radical (unpaired) electrons. The van der Waals surface area contributed by atoms with Crippen LogP contribution in [0, 0.1) is 0 Å². The molecule has 0 heterocycles. The van der Waals surface area contributed by atoms with Gasteiger partial charge in [0.1, 0.15) is 17.2 Å². The van der Waals surface area contributed by atoms with Crippen LogP contribution in [0.15, 0.2) is 103 Å². The number of ether oxygens (including phenoxy) is 2. The molecule has 0 amide bonds. The van der Waals surface area contributed by atoms with Crippen molar-refractivity contribution in [1.29, 1.82) is 0 Å². The van der Waals surface area contributed by atoms with E-state index in [9.17, 15) is 9.59 Å². The monoisotopic (exact) mass is 500 g/mol. The molecule has 0 spiro atoms. The fourth-order valence-electron chi connectivity index (χ4n) is 3.19. The lowest BCUT2D eigenvalue weighted by Gasteiger charge is -2.16. The minimum absolute atomic E-state index is 0.0641. The van der Waals surface area contributed by atoms with Gasteiger partial charge >= 0.3 is 0 Å². The Bertz CT molecular complexity index is 1110. The van der Waals surface area contributed by atoms with Crippen molar-refractivity contribution >= 4 is 11.6 Å². The van der Waals surface area contributed by atoms with Crippen LogP contribution in [0.25, 0.3) is 0 Å². The van der Waals surface area contributed by atoms with Crippen LogP contribution in [0.3, 0.4) is 0 Å². The van der Waals surface area contributed by atoms with E-state index in [0.717, 1.165) is 11.5 Å². The van der Waals surface area contributed by atoms with Gasteiger partial charge in [0.2, 0.25) is 0 Å². The molecule has 0 fully saturated rings. The summed E-state index contributed by atoms with van der Waals surface area (Å²) < 4.78 is 9.77. The molecular formula is C32H36O5. The van der Waals surface area contributed by atoms with Crippen molar-refractivity contribution in [3.05, 3.63) is 125 Å². The molecule has 1 aliphatic carbocycles. The predicted octanol–water partition coefficient (Wildman–Crippen LogP) is 7.61. The molecule has 1 N–H and O–H groups in total. The minimum atomic E-state index is -0.0641. The van der Waals surface area contributed by atoms with Gasteiger partial charge in [0, 0.05) is 22.3 Å². The molecule has 0 bridgehead atoms. The van der Waals surface area contributed by atoms with Gasteiger partial charge in [0.25, 0.3) is 0 Å². The zero-order chi connectivity index (χ0) is 27.6. The molecule has 4 aromatic carbocycles. The number of aromatic hydroxyl groups is 1. The zero-order valence-electron chi connectivity index (χ0n) is 22.4. The van der Waals surface area contributed by atoms with Crippen molar-refractivity contribution < 1.29 is 24.2 Å². The number of fused-ring (bicyclic) bond motifs is 2. The lowest BCUT2D eigenvalue weighted by molar-refractivity contribution is 0.0979. The highest BCUT2D eigenvalue weighted by Crippen LogP contribution is 2.26. The Morgan fingerprint density at radius 3 is 1.05 bits per heavy atom. The Hall–Kier alpha value is -4.38. The molecule has 194 valence electrons. The smallest absolute Gasteiger partial charge is 0.194 e. The first kappa shape index (κ1) is 30.7. The Labute approximate surface area is 220 Å². The quantitative estimate of drug-likeness (QED) is 0.270. The van der Waals surface area contributed by atoms with Crippen molar-refractivity contribution in [2.45, 2.75) is 27.7 Å². The average Bonchev–Trinajstić information content (AvgIpc) is 2.99. The summed E-state index contributed by atoms with van der Waals surface area (Å²) in [6, 6.07) is 30.2. The normalized spacial score (nSPS) is 10.1. The molecule has 0 saturated heterocycles. The van der Waals surface area contributed by atoms with Gasteiger partial charge in [-0.3, -0.25) is 9.59 Å². The van der Waals surface area contributed by atoms with Crippen molar-refractivity contribution in [1.82, 2.24) is 0 Å². The number of rotatable bonds is 2. The molecule has 5 rings (SSSR count). The second-order valence-electron chi connectivity index (χ2n) is 6.96. The number of para-hydroxylation sites is 1. The molecule has 37 heavy (non-hydrogen) atoms. The molecule has 0 aromatic heterocycles. The number of carbonyl (C=O) groups excluding carboxylic acids is 2. The molecule has 0 unspecified atom stereocenters. The molecule has 5 heteroatoms. The number of phenolic OH excluding ortho intramolecular Hbond substituents is 1. The third kappa shape index (κ3) is 8.97. The summed E-state index contributed by atoms with van der Waals surface area (Å²) >= 11 is 0. The molecule has 0 saturated carbocycles. The van der Waals surface area contributed by atoms with Crippen LogP contribution in [0.5, 0.6) is 17.2 Å². The van der Waals surface area contributed by atoms with Gasteiger partial charge in [-0.05, 0) is 36.4 Å². The molecule has 1 aliphatic rings. The third-order valence-electron chi connectivity index (χ3n) is 4.88. The van der Waals surface area contributed by atoms with E-state index < -0.39 is 0 Å². The fourth-order valence-corrected chi connectivity index (χ4v) is 3.19. The van der Waals surface area contributed by atoms with Crippen LogP contribution in [0.4, 0.5) is 0 Å². The number of ketones is 2. The van der Waals surface area contributed by atoms with Crippen LogP contribution in [-0.4, -0.2) is 30.9 Å². The minimum Gasteiger partial charge on any atom is -0.508 e. The Balaban J connectivity index is 0.000000280. The summed E-state index contributed by atoms with van der Waals surface area (Å²) in [6.07, 6.45) is 0. The summed E-state index contributed by atoms with van der Waals surface area (Å²) in [6.45, 7) is 8.00. The van der Waals surface area contributed by atoms with E-state index in [0.29, 0.717) is 22.3 Å². The van der Waals surface area contributed by atoms with Gasteiger partial charge < -0.3 is 14.6 Å². The van der Waals surface area contributed by atoms with E-state index in [1.54, 1.807) is 87.0 Å². The van der Waals surface area contributed by atoms with Crippen molar-refractivity contribution in [2.24, 2.45) is 0 Å². The lowest BCUT2D eigenvalue weighted by Crippen LogP contribution is -2.20. The van der Waals surface area contributed by atoms with Crippen molar-refractivity contribution in [2.75, 3.05) is 14.2 Å². The first-order valence-corrected chi connectivity index (χ1v) is 12.2. The molecule has 4 aromatic rings. The van der Waals surface area contributed by atoms with E-state index in [1.807, 2.05) is 58.0 Å². The van der Waals surface area contributed by atoms with Crippen LogP contribution in [0.1, 0.15) is 59.5 Å². The largest absolute Gasteiger partial charge is 0.508 e. The zero-order valence-corrected chi connectivity index (χ0v) is 22.4. The van der Waals surface area contributed by atoms with E-state index >= 15 is 0 Å². The summed E-state index contributed by atoms with van der Waals surface area (Å²) in [5.41, 5.74) is 2.02. The van der Waals surface area contributed by atoms with Gasteiger partial charge in [-0.15, -0.1) is 0 Å². The van der Waals surface area contributed by atoms with Gasteiger partial charge in [0.05, 0.1) is 14.2 Å². The first-order chi connectivity index (χ1) is 18.0. The highest BCUT2D eigenvalue weighted by molar-refractivity contribution is 6.28. The standard InChI is InChI=1S/C14H8O2.C7H8O2.C7H8O.2C2H6/c15-13-9-5-1-2-6-10(9)14(16)12-8-4-3-7-11(12)13;1-9-7-4-2-6(8)3-5-7;1-8-7-5-3-2-4-6-7;2*1-2/h1-8H;2-5,8H,1H3;2-6H,1H3;2*1-2H3. The number of hydrogen-bond acceptors (Lipinski definition) is 5. The predicted molar refractivity (Wildman–Crippen MR) is 150 cm³/mol. The second kappa shape index (κ2) is 17.1. The SMILES string of the molecule is CC.CC.COc1ccc(O)cc1.COc1ccccc1.O=C1c2ccccc2C(=O)c2ccccc21. The van der Waals surface area contributed by atoms with E-state index in [1.165, 1.54) is 0 Å². The Morgan fingerprint density at radius 1 is 0.459 bits per heavy atom. The van der Waals surface area contributed by atoms with Crippen molar-refractivity contribution in [3.8, 4) is 17.2 Å². The topological polar surface area (TPSA) is 72.8 Å². The summed E-state index contributed by atoms with van der Waals surface area (Å²) in [5, 5.41) is 8.80. The maximum Gasteiger partial charge on any atom is 0.194 e. The van der Waals surface area contributed by atoms with E-state index in [-0.39, 0.29) is 17.3 Å². The number of phenols is 1. The van der Waals surface area contributed by atoms with Crippen LogP contribution in [-0.2, 0) is 0 Å². The lowest BCUT2D eigenvalue weighted by atomic mass is 9.84. The number of hydrogen-bond donors (Lipinski definition) is 1. The number of methoxy groups -OCH3 is 2. The highest BCUT2D eigenvalue weighted by atomic mass is 16.5. The third-order valence-corrected chi connectivity index (χ3v) is 4.88. The van der Waals surface area contributed by atoms with Gasteiger partial charge in [-0.25, -0.2) is 0 Å². The number of benzene rings is 4. The number of carbonyl (C=O) groups is 2. The Morgan fingerprint density at radius 2 is 0.757 bits per heavy atom. The second-order valence-corrected chi connectivity index (χ2v) is 6.96. The van der Waals surface area contributed by atoms with Crippen LogP contribution < -0.4 is 9.47 Å². The maximum atomic E-state index is 12.1. The van der Waals surface area contributed by atoms with E-state index in [4.69, 9.17) is 14.6 Å². The fraction of sp³-hybridized carbons (Fsp3) is 0.188. The molecule has 0 aliphatic heterocycles. The summed E-state index contributed by atoms with van der Waals surface area (Å²) in [5.74, 6) is 1.80. The maximum absolute atomic E-state index is 12.1. The molecule has 0 atom stereocenters. The molecular weight excluding hydrogens is 464 g/mol. The van der Waals surface area contributed by atoms with Gasteiger partial charge in [-0.1, -0.05) is 94.4 Å². The van der Waals surface area contributed by atoms with Gasteiger partial charge in [0.15, 0.2) is 11.6 Å². The average molecular weight is 501 g/mol. The highest BCUT2D eigenvalue weighted by Gasteiger charge is 2.28. The Kier molecular flexibility index (Phi) is 14.2. The van der Waals surface area contributed by atoms with Crippen molar-refractivity contribution in [3.63, 3.8) is 0 Å². The van der Waals surface area contributed by atoms with Crippen LogP contribution in [0.2, 0.25) is 0 Å². The first-order valence-electron chi connectivity index (χ1n) is 12.2. The summed E-state index contributed by atoms with van der Waals surface area (Å²) in [7, 11) is 3.25. The van der Waals surface area contributed by atoms with E-state index in [2.05, 4.69) is 0 Å².